The molecule has 3 N–H and O–H groups in total. The number of likely N-dealkylation sites (N-methyl/N-ethyl adjacent to an activating group) is 1. The Balaban J connectivity index is 2.49. The molecular formula is C12H19N3O5. The Kier molecular flexibility index (Phi) is 4.69. The summed E-state index contributed by atoms with van der Waals surface area (Å²) >= 11 is 0. The summed E-state index contributed by atoms with van der Waals surface area (Å²) in [7, 11) is 1.36. The number of hydrogen-bond acceptors (Lipinski definition) is 4. The van der Waals surface area contributed by atoms with Crippen LogP contribution in [0.5, 0.6) is 0 Å². The van der Waals surface area contributed by atoms with Gasteiger partial charge in [-0.05, 0) is 20.3 Å². The molecule has 0 bridgehead atoms. The number of rotatable bonds is 5. The van der Waals surface area contributed by atoms with Gasteiger partial charge in [0, 0.05) is 19.0 Å². The van der Waals surface area contributed by atoms with Gasteiger partial charge < -0.3 is 15.7 Å². The van der Waals surface area contributed by atoms with Gasteiger partial charge in [-0.25, -0.2) is 4.79 Å². The second kappa shape index (κ2) is 5.89. The van der Waals surface area contributed by atoms with E-state index in [0.717, 1.165) is 4.90 Å². The van der Waals surface area contributed by atoms with Crippen LogP contribution in [-0.4, -0.2) is 52.4 Å². The van der Waals surface area contributed by atoms with Crippen molar-refractivity contribution in [3.8, 4) is 0 Å². The summed E-state index contributed by atoms with van der Waals surface area (Å²) in [6.45, 7) is 3.37. The molecule has 1 rings (SSSR count). The second-order valence-electron chi connectivity index (χ2n) is 5.42. The molecule has 1 saturated heterocycles. The van der Waals surface area contributed by atoms with Gasteiger partial charge in [0.05, 0.1) is 6.42 Å². The molecule has 4 amide bonds. The van der Waals surface area contributed by atoms with Gasteiger partial charge >= 0.3 is 12.0 Å². The highest BCUT2D eigenvalue weighted by molar-refractivity contribution is 6.06. The number of hydrogen-bond donors (Lipinski definition) is 3. The lowest BCUT2D eigenvalue weighted by Gasteiger charge is -2.26. The SMILES string of the molecule is CN1C(=O)CC(NC(=O)NC(C)(C)CCC(=O)O)C1=O. The van der Waals surface area contributed by atoms with Gasteiger partial charge in [0.1, 0.15) is 6.04 Å². The summed E-state index contributed by atoms with van der Waals surface area (Å²) < 4.78 is 0. The van der Waals surface area contributed by atoms with E-state index in [1.807, 2.05) is 0 Å². The Bertz CT molecular complexity index is 446. The lowest BCUT2D eigenvalue weighted by molar-refractivity contribution is -0.138. The number of urea groups is 1. The smallest absolute Gasteiger partial charge is 0.315 e. The van der Waals surface area contributed by atoms with Crippen molar-refractivity contribution in [2.75, 3.05) is 7.05 Å². The predicted molar refractivity (Wildman–Crippen MR) is 68.8 cm³/mol. The van der Waals surface area contributed by atoms with Crippen LogP contribution in [0.2, 0.25) is 0 Å². The van der Waals surface area contributed by atoms with E-state index in [0.29, 0.717) is 0 Å². The van der Waals surface area contributed by atoms with Gasteiger partial charge in [0.15, 0.2) is 0 Å². The maximum absolute atomic E-state index is 11.8. The van der Waals surface area contributed by atoms with Crippen LogP contribution in [0.4, 0.5) is 4.79 Å². The minimum atomic E-state index is -0.946. The van der Waals surface area contributed by atoms with E-state index < -0.39 is 29.5 Å². The zero-order valence-corrected chi connectivity index (χ0v) is 11.7. The molecule has 0 spiro atoms. The normalized spacial score (nSPS) is 19.1. The highest BCUT2D eigenvalue weighted by Crippen LogP contribution is 2.13. The predicted octanol–water partition coefficient (Wildman–Crippen LogP) is -0.314. The lowest BCUT2D eigenvalue weighted by atomic mass is 9.99. The van der Waals surface area contributed by atoms with Crippen molar-refractivity contribution in [3.05, 3.63) is 0 Å². The van der Waals surface area contributed by atoms with Crippen LogP contribution >= 0.6 is 0 Å². The Morgan fingerprint density at radius 3 is 2.45 bits per heavy atom. The van der Waals surface area contributed by atoms with E-state index in [1.54, 1.807) is 13.8 Å². The fourth-order valence-corrected chi connectivity index (χ4v) is 1.85. The highest BCUT2D eigenvalue weighted by atomic mass is 16.4. The molecule has 0 aromatic heterocycles. The summed E-state index contributed by atoms with van der Waals surface area (Å²) in [5, 5.41) is 13.6. The topological polar surface area (TPSA) is 116 Å². The summed E-state index contributed by atoms with van der Waals surface area (Å²) in [5.74, 6) is -1.74. The Morgan fingerprint density at radius 1 is 1.40 bits per heavy atom. The molecule has 0 aliphatic carbocycles. The fourth-order valence-electron chi connectivity index (χ4n) is 1.85. The number of likely N-dealkylation sites (tertiary alicyclic amines) is 1. The van der Waals surface area contributed by atoms with Gasteiger partial charge in [-0.15, -0.1) is 0 Å². The van der Waals surface area contributed by atoms with E-state index in [4.69, 9.17) is 5.11 Å². The summed E-state index contributed by atoms with van der Waals surface area (Å²) in [5.41, 5.74) is -0.722. The molecule has 1 fully saturated rings. The maximum atomic E-state index is 11.8. The first-order chi connectivity index (χ1) is 9.12. The Morgan fingerprint density at radius 2 is 2.00 bits per heavy atom. The van der Waals surface area contributed by atoms with Gasteiger partial charge in [-0.1, -0.05) is 0 Å². The van der Waals surface area contributed by atoms with Crippen molar-refractivity contribution in [1.29, 1.82) is 0 Å². The van der Waals surface area contributed by atoms with Crippen LogP contribution in [-0.2, 0) is 14.4 Å². The van der Waals surface area contributed by atoms with Gasteiger partial charge in [0.25, 0.3) is 5.91 Å². The third-order valence-electron chi connectivity index (χ3n) is 3.10. The number of carbonyl (C=O) groups excluding carboxylic acids is 3. The molecule has 1 atom stereocenters. The minimum Gasteiger partial charge on any atom is -0.481 e. The number of amides is 4. The fraction of sp³-hybridized carbons (Fsp3) is 0.667. The molecule has 0 aromatic rings. The highest BCUT2D eigenvalue weighted by Gasteiger charge is 2.37. The first kappa shape index (κ1) is 15.9. The molecule has 1 aliphatic rings. The van der Waals surface area contributed by atoms with Crippen molar-refractivity contribution in [3.63, 3.8) is 0 Å². The molecular weight excluding hydrogens is 266 g/mol. The van der Waals surface area contributed by atoms with E-state index in [-0.39, 0.29) is 25.2 Å². The van der Waals surface area contributed by atoms with Crippen molar-refractivity contribution in [2.45, 2.75) is 44.7 Å². The van der Waals surface area contributed by atoms with Crippen LogP contribution < -0.4 is 10.6 Å². The average Bonchev–Trinajstić information content (AvgIpc) is 2.54. The van der Waals surface area contributed by atoms with Crippen molar-refractivity contribution in [2.24, 2.45) is 0 Å². The molecule has 1 unspecified atom stereocenters. The van der Waals surface area contributed by atoms with E-state index in [2.05, 4.69) is 10.6 Å². The number of nitrogens with one attached hydrogen (secondary N) is 2. The molecule has 8 nitrogen and oxygen atoms in total. The van der Waals surface area contributed by atoms with Crippen molar-refractivity contribution < 1.29 is 24.3 Å². The zero-order valence-electron chi connectivity index (χ0n) is 11.7. The van der Waals surface area contributed by atoms with Crippen LogP contribution in [0.15, 0.2) is 0 Å². The molecule has 1 aliphatic heterocycles. The number of carbonyl (C=O) groups is 4. The first-order valence-corrected chi connectivity index (χ1v) is 6.23. The maximum Gasteiger partial charge on any atom is 0.315 e. The molecule has 1 heterocycles. The Labute approximate surface area is 116 Å². The lowest BCUT2D eigenvalue weighted by Crippen LogP contribution is -2.52. The van der Waals surface area contributed by atoms with Crippen LogP contribution in [0.25, 0.3) is 0 Å². The average molecular weight is 285 g/mol. The zero-order chi connectivity index (χ0) is 15.5. The van der Waals surface area contributed by atoms with Crippen LogP contribution in [0, 0.1) is 0 Å². The number of nitrogens with zero attached hydrogens (tertiary/aromatic N) is 1. The third-order valence-corrected chi connectivity index (χ3v) is 3.10. The monoisotopic (exact) mass is 285 g/mol. The largest absolute Gasteiger partial charge is 0.481 e. The number of aliphatic carboxylic acids is 1. The van der Waals surface area contributed by atoms with Crippen molar-refractivity contribution in [1.82, 2.24) is 15.5 Å². The van der Waals surface area contributed by atoms with E-state index in [1.165, 1.54) is 7.05 Å². The minimum absolute atomic E-state index is 0.0572. The molecule has 20 heavy (non-hydrogen) atoms. The summed E-state index contributed by atoms with van der Waals surface area (Å²) in [4.78, 5) is 46.2. The molecule has 0 radical (unpaired) electrons. The second-order valence-corrected chi connectivity index (χ2v) is 5.42. The molecule has 0 aromatic carbocycles. The van der Waals surface area contributed by atoms with E-state index >= 15 is 0 Å². The van der Waals surface area contributed by atoms with Gasteiger partial charge in [-0.2, -0.15) is 0 Å². The molecule has 112 valence electrons. The number of carboxylic acids is 1. The molecule has 8 heteroatoms. The quantitative estimate of drug-likeness (QED) is 0.599. The van der Waals surface area contributed by atoms with Crippen molar-refractivity contribution >= 4 is 23.8 Å². The third kappa shape index (κ3) is 4.22. The number of carboxylic acid groups (broad SMARTS) is 1. The van der Waals surface area contributed by atoms with Crippen LogP contribution in [0.3, 0.4) is 0 Å². The number of imide groups is 1. The summed E-state index contributed by atoms with van der Waals surface area (Å²) in [6, 6.07) is -1.45. The van der Waals surface area contributed by atoms with E-state index in [9.17, 15) is 19.2 Å². The van der Waals surface area contributed by atoms with Gasteiger partial charge in [-0.3, -0.25) is 19.3 Å². The van der Waals surface area contributed by atoms with Gasteiger partial charge in [0.2, 0.25) is 5.91 Å². The first-order valence-electron chi connectivity index (χ1n) is 6.23. The summed E-state index contributed by atoms with van der Waals surface area (Å²) in [6.07, 6.45) is 0.127. The standard InChI is InChI=1S/C12H19N3O5/c1-12(2,5-4-9(17)18)14-11(20)13-7-6-8(16)15(3)10(7)19/h7H,4-6H2,1-3H3,(H,17,18)(H2,13,14,20). The molecule has 0 saturated carbocycles. The van der Waals surface area contributed by atoms with Crippen LogP contribution in [0.1, 0.15) is 33.1 Å². The Hall–Kier alpha value is -2.12.